The number of hydrogen-bond acceptors (Lipinski definition) is 1. The molecule has 3 heteroatoms. The smallest absolute Gasteiger partial charge is 0.141 e. The summed E-state index contributed by atoms with van der Waals surface area (Å²) in [5.74, 6) is 4.93. The zero-order valence-electron chi connectivity index (χ0n) is 9.71. The molecule has 2 rings (SSSR count). The van der Waals surface area contributed by atoms with Crippen molar-refractivity contribution in [1.82, 2.24) is 0 Å². The van der Waals surface area contributed by atoms with E-state index in [1.807, 2.05) is 0 Å². The van der Waals surface area contributed by atoms with Gasteiger partial charge in [-0.15, -0.1) is 0 Å². The van der Waals surface area contributed by atoms with Crippen LogP contribution in [-0.4, -0.2) is 7.11 Å². The SMILES string of the molecule is COc1ccc(C#Cc2ccc(F)cc2F)cc1. The Kier molecular flexibility index (Phi) is 3.59. The topological polar surface area (TPSA) is 9.23 Å². The molecular weight excluding hydrogens is 234 g/mol. The molecule has 0 saturated heterocycles. The normalized spacial score (nSPS) is 9.50. The predicted molar refractivity (Wildman–Crippen MR) is 65.3 cm³/mol. The maximum absolute atomic E-state index is 13.3. The lowest BCUT2D eigenvalue weighted by Gasteiger charge is -1.97. The third-order valence-corrected chi connectivity index (χ3v) is 2.36. The largest absolute Gasteiger partial charge is 0.497 e. The van der Waals surface area contributed by atoms with E-state index in [4.69, 9.17) is 4.74 Å². The zero-order valence-corrected chi connectivity index (χ0v) is 9.71. The molecule has 0 aliphatic carbocycles. The summed E-state index contributed by atoms with van der Waals surface area (Å²) < 4.78 is 31.0. The lowest BCUT2D eigenvalue weighted by molar-refractivity contribution is 0.415. The molecule has 0 aliphatic rings. The van der Waals surface area contributed by atoms with Gasteiger partial charge in [-0.1, -0.05) is 11.8 Å². The first-order valence-corrected chi connectivity index (χ1v) is 5.30. The van der Waals surface area contributed by atoms with Crippen LogP contribution in [0.4, 0.5) is 8.78 Å². The van der Waals surface area contributed by atoms with Crippen LogP contribution in [0.2, 0.25) is 0 Å². The van der Waals surface area contributed by atoms with Gasteiger partial charge in [0.2, 0.25) is 0 Å². The minimum Gasteiger partial charge on any atom is -0.497 e. The van der Waals surface area contributed by atoms with Gasteiger partial charge in [0.1, 0.15) is 17.4 Å². The fraction of sp³-hybridized carbons (Fsp3) is 0.0667. The van der Waals surface area contributed by atoms with Crippen molar-refractivity contribution < 1.29 is 13.5 Å². The molecule has 0 N–H and O–H groups in total. The predicted octanol–water partition coefficient (Wildman–Crippen LogP) is 3.37. The van der Waals surface area contributed by atoms with Gasteiger partial charge < -0.3 is 4.74 Å². The highest BCUT2D eigenvalue weighted by molar-refractivity contribution is 5.44. The Bertz CT molecular complexity index is 607. The molecule has 0 aromatic heterocycles. The number of benzene rings is 2. The Labute approximate surface area is 104 Å². The molecule has 0 bridgehead atoms. The van der Waals surface area contributed by atoms with Crippen LogP contribution < -0.4 is 4.74 Å². The van der Waals surface area contributed by atoms with Gasteiger partial charge in [0.15, 0.2) is 0 Å². The summed E-state index contributed by atoms with van der Waals surface area (Å²) >= 11 is 0. The first-order chi connectivity index (χ1) is 8.69. The molecular formula is C15H10F2O. The third-order valence-electron chi connectivity index (χ3n) is 2.36. The van der Waals surface area contributed by atoms with Crippen molar-refractivity contribution in [3.63, 3.8) is 0 Å². The summed E-state index contributed by atoms with van der Waals surface area (Å²) in [6.45, 7) is 0. The van der Waals surface area contributed by atoms with Gasteiger partial charge in [0, 0.05) is 11.6 Å². The molecule has 0 amide bonds. The molecule has 0 spiro atoms. The molecule has 0 saturated carbocycles. The summed E-state index contributed by atoms with van der Waals surface area (Å²) in [4.78, 5) is 0. The van der Waals surface area contributed by atoms with Crippen LogP contribution in [0.25, 0.3) is 0 Å². The summed E-state index contributed by atoms with van der Waals surface area (Å²) in [5, 5.41) is 0. The van der Waals surface area contributed by atoms with Gasteiger partial charge in [-0.3, -0.25) is 0 Å². The molecule has 0 radical (unpaired) electrons. The third kappa shape index (κ3) is 2.86. The van der Waals surface area contributed by atoms with E-state index >= 15 is 0 Å². The van der Waals surface area contributed by atoms with E-state index in [2.05, 4.69) is 11.8 Å². The van der Waals surface area contributed by atoms with Gasteiger partial charge in [-0.05, 0) is 36.4 Å². The average molecular weight is 244 g/mol. The van der Waals surface area contributed by atoms with Crippen LogP contribution in [0.5, 0.6) is 5.75 Å². The van der Waals surface area contributed by atoms with Gasteiger partial charge in [0.25, 0.3) is 0 Å². The summed E-state index contributed by atoms with van der Waals surface area (Å²) in [5.41, 5.74) is 0.909. The van der Waals surface area contributed by atoms with Crippen molar-refractivity contribution >= 4 is 0 Å². The Morgan fingerprint density at radius 3 is 2.28 bits per heavy atom. The number of hydrogen-bond donors (Lipinski definition) is 0. The van der Waals surface area contributed by atoms with Crippen molar-refractivity contribution in [2.75, 3.05) is 7.11 Å². The Balaban J connectivity index is 2.25. The van der Waals surface area contributed by atoms with Crippen LogP contribution >= 0.6 is 0 Å². The number of halogens is 2. The van der Waals surface area contributed by atoms with E-state index in [9.17, 15) is 8.78 Å². The summed E-state index contributed by atoms with van der Waals surface area (Å²) in [6, 6.07) is 10.4. The van der Waals surface area contributed by atoms with E-state index in [1.165, 1.54) is 12.1 Å². The number of rotatable bonds is 1. The highest BCUT2D eigenvalue weighted by Crippen LogP contribution is 2.11. The molecule has 1 nitrogen and oxygen atoms in total. The fourth-order valence-electron chi connectivity index (χ4n) is 1.40. The molecule has 0 fully saturated rings. The highest BCUT2D eigenvalue weighted by Gasteiger charge is 2.00. The van der Waals surface area contributed by atoms with Crippen LogP contribution in [0.3, 0.4) is 0 Å². The molecule has 0 aliphatic heterocycles. The second-order valence-electron chi connectivity index (χ2n) is 3.60. The number of methoxy groups -OCH3 is 1. The quantitative estimate of drug-likeness (QED) is 0.699. The lowest BCUT2D eigenvalue weighted by atomic mass is 10.1. The van der Waals surface area contributed by atoms with Crippen molar-refractivity contribution in [2.45, 2.75) is 0 Å². The van der Waals surface area contributed by atoms with Crippen LogP contribution in [0.1, 0.15) is 11.1 Å². The van der Waals surface area contributed by atoms with Crippen LogP contribution in [0.15, 0.2) is 42.5 Å². The zero-order chi connectivity index (χ0) is 13.0. The summed E-state index contributed by atoms with van der Waals surface area (Å²) in [7, 11) is 1.58. The first kappa shape index (κ1) is 12.1. The maximum atomic E-state index is 13.3. The average Bonchev–Trinajstić information content (AvgIpc) is 2.38. The second-order valence-corrected chi connectivity index (χ2v) is 3.60. The molecule has 2 aromatic carbocycles. The van der Waals surface area contributed by atoms with E-state index in [0.29, 0.717) is 0 Å². The van der Waals surface area contributed by atoms with Crippen molar-refractivity contribution in [1.29, 1.82) is 0 Å². The van der Waals surface area contributed by atoms with Gasteiger partial charge >= 0.3 is 0 Å². The Morgan fingerprint density at radius 1 is 0.944 bits per heavy atom. The van der Waals surface area contributed by atoms with Crippen molar-refractivity contribution in [3.8, 4) is 17.6 Å². The van der Waals surface area contributed by atoms with Gasteiger partial charge in [-0.25, -0.2) is 8.78 Å². The maximum Gasteiger partial charge on any atom is 0.141 e. The van der Waals surface area contributed by atoms with E-state index in [-0.39, 0.29) is 5.56 Å². The number of ether oxygens (including phenoxy) is 1. The van der Waals surface area contributed by atoms with Gasteiger partial charge in [0.05, 0.1) is 12.7 Å². The first-order valence-electron chi connectivity index (χ1n) is 5.30. The van der Waals surface area contributed by atoms with E-state index < -0.39 is 11.6 Å². The Hall–Kier alpha value is -2.34. The Morgan fingerprint density at radius 2 is 1.67 bits per heavy atom. The molecule has 0 heterocycles. The summed E-state index contributed by atoms with van der Waals surface area (Å²) in [6.07, 6.45) is 0. The van der Waals surface area contributed by atoms with E-state index in [1.54, 1.807) is 31.4 Å². The molecule has 90 valence electrons. The molecule has 2 aromatic rings. The highest BCUT2D eigenvalue weighted by atomic mass is 19.1. The fourth-order valence-corrected chi connectivity index (χ4v) is 1.40. The molecule has 0 unspecified atom stereocenters. The minimum absolute atomic E-state index is 0.173. The minimum atomic E-state index is -0.656. The van der Waals surface area contributed by atoms with Crippen LogP contribution in [-0.2, 0) is 0 Å². The monoisotopic (exact) mass is 244 g/mol. The second kappa shape index (κ2) is 5.33. The van der Waals surface area contributed by atoms with Crippen LogP contribution in [0, 0.1) is 23.5 Å². The lowest BCUT2D eigenvalue weighted by Crippen LogP contribution is -1.85. The standard InChI is InChI=1S/C15H10F2O/c1-18-14-8-3-11(4-9-14)2-5-12-6-7-13(16)10-15(12)17/h3-4,6-10H,1H3. The van der Waals surface area contributed by atoms with Crippen molar-refractivity contribution in [3.05, 3.63) is 65.2 Å². The molecule has 18 heavy (non-hydrogen) atoms. The van der Waals surface area contributed by atoms with Crippen molar-refractivity contribution in [2.24, 2.45) is 0 Å². The van der Waals surface area contributed by atoms with E-state index in [0.717, 1.165) is 17.4 Å². The van der Waals surface area contributed by atoms with Gasteiger partial charge in [-0.2, -0.15) is 0 Å². The molecule has 0 atom stereocenters.